The molecule has 0 aromatic heterocycles. The lowest BCUT2D eigenvalue weighted by Gasteiger charge is -2.12. The van der Waals surface area contributed by atoms with E-state index in [-0.39, 0.29) is 11.7 Å². The molecule has 0 heterocycles. The van der Waals surface area contributed by atoms with Gasteiger partial charge in [0.2, 0.25) is 0 Å². The third kappa shape index (κ3) is 6.17. The smallest absolute Gasteiger partial charge is 0.161 e. The highest BCUT2D eigenvalue weighted by Gasteiger charge is 2.10. The van der Waals surface area contributed by atoms with Gasteiger partial charge in [-0.25, -0.2) is 0 Å². The van der Waals surface area contributed by atoms with Gasteiger partial charge in [-0.15, -0.1) is 0 Å². The van der Waals surface area contributed by atoms with Gasteiger partial charge in [-0.1, -0.05) is 19.9 Å². The Kier molecular flexibility index (Phi) is 7.83. The quantitative estimate of drug-likeness (QED) is 0.621. The molecule has 0 aliphatic carbocycles. The van der Waals surface area contributed by atoms with Crippen LogP contribution in [0, 0.1) is 5.92 Å². The molecule has 0 spiro atoms. The molecule has 0 aliphatic rings. The van der Waals surface area contributed by atoms with Crippen molar-refractivity contribution in [2.75, 3.05) is 27.4 Å². The van der Waals surface area contributed by atoms with Crippen LogP contribution in [0.25, 0.3) is 0 Å². The molecule has 0 amide bonds. The first-order valence-electron chi connectivity index (χ1n) is 7.39. The van der Waals surface area contributed by atoms with E-state index in [1.54, 1.807) is 14.2 Å². The van der Waals surface area contributed by atoms with Crippen molar-refractivity contribution in [3.8, 4) is 11.5 Å². The summed E-state index contributed by atoms with van der Waals surface area (Å²) in [7, 11) is 3.30. The van der Waals surface area contributed by atoms with Crippen molar-refractivity contribution in [1.82, 2.24) is 0 Å². The van der Waals surface area contributed by atoms with Crippen LogP contribution < -0.4 is 9.47 Å². The summed E-state index contributed by atoms with van der Waals surface area (Å²) in [5.74, 6) is 1.82. The van der Waals surface area contributed by atoms with Gasteiger partial charge in [-0.05, 0) is 24.1 Å². The van der Waals surface area contributed by atoms with Crippen molar-refractivity contribution < 1.29 is 19.0 Å². The summed E-state index contributed by atoms with van der Waals surface area (Å²) in [6, 6.07) is 5.83. The minimum Gasteiger partial charge on any atom is -0.493 e. The summed E-state index contributed by atoms with van der Waals surface area (Å²) in [6.45, 7) is 5.12. The van der Waals surface area contributed by atoms with Crippen molar-refractivity contribution in [1.29, 1.82) is 0 Å². The molecule has 0 saturated heterocycles. The standard InChI is InChI=1S/C17H26O4/c1-13(2)15(18)8-6-14-7-9-16(20-4)17(12-14)21-11-5-10-19-3/h7,9,12-13H,5-6,8,10-11H2,1-4H3. The van der Waals surface area contributed by atoms with Crippen LogP contribution >= 0.6 is 0 Å². The number of aryl methyl sites for hydroxylation is 1. The van der Waals surface area contributed by atoms with E-state index < -0.39 is 0 Å². The Labute approximate surface area is 127 Å². The summed E-state index contributed by atoms with van der Waals surface area (Å²) >= 11 is 0. The second-order valence-corrected chi connectivity index (χ2v) is 5.30. The molecular formula is C17H26O4. The molecular weight excluding hydrogens is 268 g/mol. The maximum Gasteiger partial charge on any atom is 0.161 e. The summed E-state index contributed by atoms with van der Waals surface area (Å²) in [5.41, 5.74) is 1.09. The Morgan fingerprint density at radius 2 is 1.90 bits per heavy atom. The molecule has 0 radical (unpaired) electrons. The first kappa shape index (κ1) is 17.5. The first-order valence-corrected chi connectivity index (χ1v) is 7.39. The zero-order valence-corrected chi connectivity index (χ0v) is 13.5. The molecule has 1 aromatic rings. The molecule has 0 N–H and O–H groups in total. The number of ketones is 1. The number of hydrogen-bond acceptors (Lipinski definition) is 4. The summed E-state index contributed by atoms with van der Waals surface area (Å²) in [6.07, 6.45) is 2.12. The lowest BCUT2D eigenvalue weighted by Crippen LogP contribution is -2.08. The van der Waals surface area contributed by atoms with E-state index in [2.05, 4.69) is 0 Å². The highest BCUT2D eigenvalue weighted by Crippen LogP contribution is 2.28. The van der Waals surface area contributed by atoms with Gasteiger partial charge >= 0.3 is 0 Å². The largest absolute Gasteiger partial charge is 0.493 e. The summed E-state index contributed by atoms with van der Waals surface area (Å²) < 4.78 is 16.0. The predicted octanol–water partition coefficient (Wildman–Crippen LogP) is 3.27. The molecule has 0 atom stereocenters. The van der Waals surface area contributed by atoms with Gasteiger partial charge in [-0.2, -0.15) is 0 Å². The first-order chi connectivity index (χ1) is 10.1. The van der Waals surface area contributed by atoms with Crippen LogP contribution in [0.2, 0.25) is 0 Å². The lowest BCUT2D eigenvalue weighted by molar-refractivity contribution is -0.121. The van der Waals surface area contributed by atoms with E-state index >= 15 is 0 Å². The number of Topliss-reactive ketones (excluding diaryl/α,β-unsaturated/α-hetero) is 1. The topological polar surface area (TPSA) is 44.8 Å². The molecule has 0 bridgehead atoms. The predicted molar refractivity (Wildman–Crippen MR) is 83.1 cm³/mol. The fourth-order valence-corrected chi connectivity index (χ4v) is 1.93. The van der Waals surface area contributed by atoms with E-state index in [0.29, 0.717) is 25.4 Å². The molecule has 4 nitrogen and oxygen atoms in total. The normalized spacial score (nSPS) is 10.7. The Morgan fingerprint density at radius 1 is 1.14 bits per heavy atom. The van der Waals surface area contributed by atoms with Crippen LogP contribution in [-0.2, 0) is 16.0 Å². The fraction of sp³-hybridized carbons (Fsp3) is 0.588. The molecule has 0 saturated carbocycles. The van der Waals surface area contributed by atoms with Crippen LogP contribution in [0.4, 0.5) is 0 Å². The molecule has 1 aromatic carbocycles. The van der Waals surface area contributed by atoms with Crippen molar-refractivity contribution in [3.05, 3.63) is 23.8 Å². The molecule has 21 heavy (non-hydrogen) atoms. The maximum absolute atomic E-state index is 11.7. The van der Waals surface area contributed by atoms with E-state index in [1.807, 2.05) is 32.0 Å². The van der Waals surface area contributed by atoms with Crippen LogP contribution in [0.5, 0.6) is 11.5 Å². The average molecular weight is 294 g/mol. The van der Waals surface area contributed by atoms with Crippen LogP contribution in [0.3, 0.4) is 0 Å². The SMILES string of the molecule is COCCCOc1cc(CCC(=O)C(C)C)ccc1OC. The van der Waals surface area contributed by atoms with E-state index in [4.69, 9.17) is 14.2 Å². The van der Waals surface area contributed by atoms with Crippen molar-refractivity contribution >= 4 is 5.78 Å². The number of hydrogen-bond donors (Lipinski definition) is 0. The Balaban J connectivity index is 2.63. The van der Waals surface area contributed by atoms with E-state index in [1.165, 1.54) is 0 Å². The maximum atomic E-state index is 11.7. The van der Waals surface area contributed by atoms with Gasteiger partial charge < -0.3 is 14.2 Å². The third-order valence-electron chi connectivity index (χ3n) is 3.28. The monoisotopic (exact) mass is 294 g/mol. The molecule has 0 unspecified atom stereocenters. The van der Waals surface area contributed by atoms with Crippen LogP contribution in [0.15, 0.2) is 18.2 Å². The van der Waals surface area contributed by atoms with Crippen LogP contribution in [0.1, 0.15) is 32.3 Å². The number of benzene rings is 1. The Bertz CT molecular complexity index is 440. The number of carbonyl (C=O) groups is 1. The number of ether oxygens (including phenoxy) is 3. The second kappa shape index (κ2) is 9.40. The molecule has 4 heteroatoms. The van der Waals surface area contributed by atoms with Crippen molar-refractivity contribution in [2.45, 2.75) is 33.1 Å². The minimum absolute atomic E-state index is 0.0908. The second-order valence-electron chi connectivity index (χ2n) is 5.30. The van der Waals surface area contributed by atoms with Crippen molar-refractivity contribution in [3.63, 3.8) is 0 Å². The van der Waals surface area contributed by atoms with Gasteiger partial charge in [0.05, 0.1) is 13.7 Å². The Hall–Kier alpha value is -1.55. The highest BCUT2D eigenvalue weighted by molar-refractivity contribution is 5.80. The number of rotatable bonds is 10. The average Bonchev–Trinajstić information content (AvgIpc) is 2.49. The van der Waals surface area contributed by atoms with Crippen molar-refractivity contribution in [2.24, 2.45) is 5.92 Å². The van der Waals surface area contributed by atoms with E-state index in [9.17, 15) is 4.79 Å². The highest BCUT2D eigenvalue weighted by atomic mass is 16.5. The number of methoxy groups -OCH3 is 2. The fourth-order valence-electron chi connectivity index (χ4n) is 1.93. The van der Waals surface area contributed by atoms with Gasteiger partial charge in [0.15, 0.2) is 11.5 Å². The molecule has 0 fully saturated rings. The summed E-state index contributed by atoms with van der Waals surface area (Å²) in [5, 5.41) is 0. The zero-order chi connectivity index (χ0) is 15.7. The molecule has 0 aliphatic heterocycles. The van der Waals surface area contributed by atoms with Crippen LogP contribution in [-0.4, -0.2) is 33.2 Å². The molecule has 1 rings (SSSR count). The van der Waals surface area contributed by atoms with Gasteiger partial charge in [0.25, 0.3) is 0 Å². The Morgan fingerprint density at radius 3 is 2.52 bits per heavy atom. The summed E-state index contributed by atoms with van der Waals surface area (Å²) in [4.78, 5) is 11.7. The zero-order valence-electron chi connectivity index (χ0n) is 13.5. The van der Waals surface area contributed by atoms with Gasteiger partial charge in [0, 0.05) is 32.5 Å². The molecule has 118 valence electrons. The minimum atomic E-state index is 0.0908. The van der Waals surface area contributed by atoms with Gasteiger partial charge in [-0.3, -0.25) is 4.79 Å². The van der Waals surface area contributed by atoms with Gasteiger partial charge in [0.1, 0.15) is 5.78 Å². The van der Waals surface area contributed by atoms with E-state index in [0.717, 1.165) is 24.2 Å². The number of carbonyl (C=O) groups excluding carboxylic acids is 1. The lowest BCUT2D eigenvalue weighted by atomic mass is 10.0. The third-order valence-corrected chi connectivity index (χ3v) is 3.28.